The Balaban J connectivity index is 0. The van der Waals surface area contributed by atoms with Gasteiger partial charge in [0.1, 0.15) is 46.2 Å². The van der Waals surface area contributed by atoms with Gasteiger partial charge in [0.15, 0.2) is 0 Å². The standard InChI is InChI=1S/C27H36O12.C9H9Cl3O3.C9H12O6.C6H10O3.Cl2OS/c1-16(2)22(28)34-7-10-37-25(31)19-13-20(26(32)38-11-8-35-23(29)17(3)4)15-21(14-19)27(33)39-12-9-36-24(30)18(5)6;10-7(13)4-1-5(8(11)14)3-6(2-4)9(12)15;10-7(11)4-1-5(8(12)13)3-6(2-4)9(14)15;1-5(2)6(8)9-4-3-7;1-4(2)3/h19-21H,1,3,5,7-15H2,2,4,6H3;4-6H,1-3H2;4-6H,1-3H2,(H,10,11)(H,12,13)(H,14,15);7H,1,3-4H2,2H3;. The van der Waals surface area contributed by atoms with Crippen molar-refractivity contribution in [1.82, 2.24) is 0 Å². The summed E-state index contributed by atoms with van der Waals surface area (Å²) in [6.07, 6.45) is 1.15. The Kier molecular flexibility index (Phi) is 40.2. The third-order valence-corrected chi connectivity index (χ3v) is 12.5. The lowest BCUT2D eigenvalue weighted by Gasteiger charge is -2.31. The number of aliphatic hydroxyl groups excluding tert-OH is 1. The van der Waals surface area contributed by atoms with Crippen LogP contribution in [0.15, 0.2) is 48.6 Å². The molecule has 82 heavy (non-hydrogen) atoms. The summed E-state index contributed by atoms with van der Waals surface area (Å²) in [5.41, 5.74) is 0.934. The van der Waals surface area contributed by atoms with E-state index in [1.54, 1.807) is 6.92 Å². The van der Waals surface area contributed by atoms with Gasteiger partial charge in [-0.05, 0) is 120 Å². The molecule has 25 nitrogen and oxygen atoms in total. The zero-order chi connectivity index (χ0) is 63.6. The highest BCUT2D eigenvalue weighted by molar-refractivity contribution is 8.26. The SMILES string of the molecule is C=C(C)C(=O)OCCO.C=C(C)C(=O)OCCOC(=O)C1CC(C(=O)OCCOC(=O)C(=C)C)CC(C(=O)OCCOC(=O)C(=C)C)C1.O=C(Cl)C1CC(C(=O)Cl)CC(C(=O)Cl)C1.O=C(O)C1CC(C(=O)O)CC(C(=O)O)C1.O=S(Cl)Cl. The van der Waals surface area contributed by atoms with Crippen LogP contribution in [0.4, 0.5) is 0 Å². The number of carboxylic acids is 3. The van der Waals surface area contributed by atoms with Crippen LogP contribution in [-0.2, 0) is 105 Å². The van der Waals surface area contributed by atoms with Crippen LogP contribution in [0, 0.1) is 53.3 Å². The van der Waals surface area contributed by atoms with Gasteiger partial charge in [-0.2, -0.15) is 0 Å². The number of halogens is 5. The van der Waals surface area contributed by atoms with E-state index in [-0.39, 0.29) is 108 Å². The molecule has 0 radical (unpaired) electrons. The van der Waals surface area contributed by atoms with E-state index in [2.05, 4.69) is 52.4 Å². The highest BCUT2D eigenvalue weighted by Gasteiger charge is 2.42. The van der Waals surface area contributed by atoms with E-state index in [0.29, 0.717) is 24.8 Å². The maximum absolute atomic E-state index is 12.7. The number of ether oxygens (including phenoxy) is 7. The van der Waals surface area contributed by atoms with Crippen molar-refractivity contribution in [3.8, 4) is 0 Å². The van der Waals surface area contributed by atoms with Gasteiger partial charge in [0.05, 0.1) is 42.1 Å². The number of hydrogen-bond donors (Lipinski definition) is 4. The average Bonchev–Trinajstić information content (AvgIpc) is 3.40. The molecule has 0 heterocycles. The predicted octanol–water partition coefficient (Wildman–Crippen LogP) is 5.73. The fourth-order valence-electron chi connectivity index (χ4n) is 7.51. The molecule has 3 rings (SSSR count). The number of carbonyl (C=O) groups is 13. The molecule has 4 N–H and O–H groups in total. The molecule has 3 fully saturated rings. The molecule has 31 heteroatoms. The summed E-state index contributed by atoms with van der Waals surface area (Å²) in [5.74, 6) is -14.3. The zero-order valence-corrected chi connectivity index (χ0v) is 49.8. The van der Waals surface area contributed by atoms with Crippen molar-refractivity contribution in [3.63, 3.8) is 0 Å². The maximum Gasteiger partial charge on any atom is 0.333 e. The van der Waals surface area contributed by atoms with Crippen molar-refractivity contribution in [1.29, 1.82) is 0 Å². The minimum Gasteiger partial charge on any atom is -0.481 e. The molecule has 0 aromatic heterocycles. The summed E-state index contributed by atoms with van der Waals surface area (Å²) in [7, 11) is 7.36. The second kappa shape index (κ2) is 42.1. The van der Waals surface area contributed by atoms with Crippen molar-refractivity contribution >= 4 is 141 Å². The third-order valence-electron chi connectivity index (χ3n) is 11.5. The third kappa shape index (κ3) is 34.6. The molecular formula is C51H67Cl5O25S. The first kappa shape index (κ1) is 78.3. The second-order valence-corrected chi connectivity index (χ2v) is 22.0. The molecule has 3 aliphatic rings. The lowest BCUT2D eigenvalue weighted by Crippen LogP contribution is -2.37. The van der Waals surface area contributed by atoms with Crippen molar-refractivity contribution in [2.24, 2.45) is 53.3 Å². The summed E-state index contributed by atoms with van der Waals surface area (Å²) >= 11 is 16.0. The molecule has 3 aliphatic carbocycles. The molecule has 3 saturated carbocycles. The van der Waals surface area contributed by atoms with Gasteiger partial charge in [0.25, 0.3) is 0 Å². The number of carbonyl (C=O) groups excluding carboxylic acids is 10. The predicted molar refractivity (Wildman–Crippen MR) is 291 cm³/mol. The van der Waals surface area contributed by atoms with E-state index in [9.17, 15) is 62.3 Å². The van der Waals surface area contributed by atoms with Crippen LogP contribution in [0.1, 0.15) is 85.5 Å². The summed E-state index contributed by atoms with van der Waals surface area (Å²) in [5, 5.41) is 32.8. The van der Waals surface area contributed by atoms with Gasteiger partial charge in [-0.15, -0.1) is 0 Å². The van der Waals surface area contributed by atoms with Crippen LogP contribution in [0.25, 0.3) is 0 Å². The van der Waals surface area contributed by atoms with E-state index in [4.69, 9.17) is 87.9 Å². The number of aliphatic carboxylic acids is 3. The van der Waals surface area contributed by atoms with Gasteiger partial charge in [-0.3, -0.25) is 43.2 Å². The van der Waals surface area contributed by atoms with E-state index in [0.717, 1.165) is 0 Å². The maximum atomic E-state index is 12.7. The molecule has 0 spiro atoms. The van der Waals surface area contributed by atoms with Gasteiger partial charge >= 0.3 is 59.7 Å². The van der Waals surface area contributed by atoms with Crippen LogP contribution in [0.5, 0.6) is 0 Å². The molecule has 0 unspecified atom stereocenters. The Morgan fingerprint density at radius 3 is 0.707 bits per heavy atom. The van der Waals surface area contributed by atoms with Crippen molar-refractivity contribution in [2.75, 3.05) is 52.9 Å². The van der Waals surface area contributed by atoms with E-state index in [1.807, 2.05) is 0 Å². The minimum atomic E-state index is -1.67. The number of esters is 7. The molecule has 0 saturated heterocycles. The van der Waals surface area contributed by atoms with Crippen molar-refractivity contribution < 1.29 is 120 Å². The van der Waals surface area contributed by atoms with Crippen LogP contribution in [0.2, 0.25) is 0 Å². The molecule has 0 bridgehead atoms. The van der Waals surface area contributed by atoms with Crippen molar-refractivity contribution in [2.45, 2.75) is 85.5 Å². The molecule has 0 amide bonds. The zero-order valence-electron chi connectivity index (χ0n) is 45.2. The first-order chi connectivity index (χ1) is 38.1. The van der Waals surface area contributed by atoms with E-state index in [1.165, 1.54) is 20.8 Å². The van der Waals surface area contributed by atoms with Gasteiger partial charge in [-0.1, -0.05) is 26.3 Å². The largest absolute Gasteiger partial charge is 0.481 e. The fraction of sp³-hybridized carbons (Fsp3) is 0.588. The van der Waals surface area contributed by atoms with Crippen LogP contribution < -0.4 is 0 Å². The Bertz CT molecular complexity index is 2060. The molecule has 0 aliphatic heterocycles. The van der Waals surface area contributed by atoms with Gasteiger partial charge in [0.2, 0.25) is 25.0 Å². The van der Waals surface area contributed by atoms with E-state index >= 15 is 0 Å². The molecular weight excluding hydrogens is 1220 g/mol. The van der Waals surface area contributed by atoms with Crippen molar-refractivity contribution in [3.05, 3.63) is 48.6 Å². The average molecular weight is 1290 g/mol. The smallest absolute Gasteiger partial charge is 0.333 e. The van der Waals surface area contributed by atoms with Gasteiger partial charge in [-0.25, -0.2) is 23.4 Å². The lowest BCUT2D eigenvalue weighted by molar-refractivity contribution is -0.165. The second-order valence-electron chi connectivity index (χ2n) is 18.4. The number of rotatable bonds is 24. The highest BCUT2D eigenvalue weighted by atomic mass is 36.0. The lowest BCUT2D eigenvalue weighted by atomic mass is 9.75. The topological polar surface area (TPSA) is 385 Å². The summed E-state index contributed by atoms with van der Waals surface area (Å²) in [6.45, 7) is 18.4. The monoisotopic (exact) mass is 1290 g/mol. The summed E-state index contributed by atoms with van der Waals surface area (Å²) < 4.78 is 43.8. The fourth-order valence-corrected chi connectivity index (χ4v) is 8.04. The van der Waals surface area contributed by atoms with Gasteiger partial charge in [0, 0.05) is 61.4 Å². The highest BCUT2D eigenvalue weighted by Crippen LogP contribution is 2.38. The number of carboxylic acid groups (broad SMARTS) is 3. The van der Waals surface area contributed by atoms with Crippen LogP contribution >= 0.6 is 56.2 Å². The number of aliphatic hydroxyl groups is 1. The van der Waals surface area contributed by atoms with Crippen LogP contribution in [0.3, 0.4) is 0 Å². The van der Waals surface area contributed by atoms with E-state index < -0.39 is 138 Å². The first-order valence-corrected chi connectivity index (χ1v) is 28.4. The Labute approximate surface area is 498 Å². The normalized spacial score (nSPS) is 21.3. The Morgan fingerprint density at radius 1 is 0.366 bits per heavy atom. The molecule has 0 aromatic rings. The summed E-state index contributed by atoms with van der Waals surface area (Å²) in [4.78, 5) is 148. The first-order valence-electron chi connectivity index (χ1n) is 24.5. The van der Waals surface area contributed by atoms with Gasteiger partial charge < -0.3 is 53.6 Å². The molecule has 462 valence electrons. The minimum absolute atomic E-state index is 0.0223. The Hall–Kier alpha value is -5.77. The molecule has 0 atom stereocenters. The molecule has 0 aromatic carbocycles. The quantitative estimate of drug-likeness (QED) is 0.0294. The van der Waals surface area contributed by atoms with Crippen LogP contribution in [-0.4, -0.2) is 153 Å². The Morgan fingerprint density at radius 2 is 0.537 bits per heavy atom. The summed E-state index contributed by atoms with van der Waals surface area (Å²) in [6, 6.07) is 0. The number of hydrogen-bond acceptors (Lipinski definition) is 22.